The van der Waals surface area contributed by atoms with Crippen LogP contribution in [0.15, 0.2) is 30.3 Å². The molecule has 6 heteroatoms. The summed E-state index contributed by atoms with van der Waals surface area (Å²) in [6.45, 7) is 0. The highest BCUT2D eigenvalue weighted by atomic mass is 35.5. The van der Waals surface area contributed by atoms with Crippen LogP contribution in [-0.4, -0.2) is 11.0 Å². The minimum Gasteiger partial charge on any atom is -0.365 e. The Morgan fingerprint density at radius 3 is 2.25 bits per heavy atom. The maximum atomic E-state index is 6.17. The predicted molar refractivity (Wildman–Crippen MR) is 83.3 cm³/mol. The van der Waals surface area contributed by atoms with Crippen molar-refractivity contribution in [1.82, 2.24) is 4.98 Å². The quantitative estimate of drug-likeness (QED) is 0.601. The summed E-state index contributed by atoms with van der Waals surface area (Å²) in [5, 5.41) is 4.25. The van der Waals surface area contributed by atoms with E-state index in [1.807, 2.05) is 0 Å². The lowest BCUT2D eigenvalue weighted by Gasteiger charge is -2.15. The fourth-order valence-electron chi connectivity index (χ4n) is 2.52. The normalized spacial score (nSPS) is 14.2. The van der Waals surface area contributed by atoms with Crippen molar-refractivity contribution in [2.45, 2.75) is 18.9 Å². The van der Waals surface area contributed by atoms with Gasteiger partial charge in [0.15, 0.2) is 5.82 Å². The maximum Gasteiger partial charge on any atom is 0.161 e. The third-order valence-electron chi connectivity index (χ3n) is 3.46. The van der Waals surface area contributed by atoms with Gasteiger partial charge in [-0.15, -0.1) is 0 Å². The van der Waals surface area contributed by atoms with Gasteiger partial charge in [-0.2, -0.15) is 0 Å². The first-order valence-electron chi connectivity index (χ1n) is 6.33. The molecule has 0 aliphatic heterocycles. The summed E-state index contributed by atoms with van der Waals surface area (Å²) in [6, 6.07) is 10.3. The zero-order valence-electron chi connectivity index (χ0n) is 10.7. The molecule has 1 aliphatic carbocycles. The van der Waals surface area contributed by atoms with Crippen LogP contribution < -0.4 is 16.6 Å². The number of benzene rings is 1. The Balaban J connectivity index is 1.80. The van der Waals surface area contributed by atoms with Crippen molar-refractivity contribution >= 4 is 34.8 Å². The molecule has 0 spiro atoms. The fourth-order valence-corrected chi connectivity index (χ4v) is 2.99. The number of hydrazine groups is 1. The van der Waals surface area contributed by atoms with Crippen LogP contribution in [-0.2, 0) is 12.8 Å². The Kier molecular flexibility index (Phi) is 3.70. The number of fused-ring (bicyclic) bond motifs is 1. The molecule has 1 aromatic carbocycles. The summed E-state index contributed by atoms with van der Waals surface area (Å²) in [5.41, 5.74) is 5.20. The van der Waals surface area contributed by atoms with Gasteiger partial charge in [-0.05, 0) is 30.0 Å². The first-order chi connectivity index (χ1) is 9.67. The smallest absolute Gasteiger partial charge is 0.161 e. The minimum atomic E-state index is 0.282. The number of rotatable bonds is 3. The van der Waals surface area contributed by atoms with Gasteiger partial charge in [-0.25, -0.2) is 10.8 Å². The standard InChI is InChI=1S/C14H14Cl2N4/c15-11-7-12(16)14(20-17)19-13(11)18-10-5-8-3-1-2-4-9(8)6-10/h1-4,7,10H,5-6,17H2,(H2,18,19,20). The van der Waals surface area contributed by atoms with Crippen molar-refractivity contribution in [3.63, 3.8) is 0 Å². The van der Waals surface area contributed by atoms with Gasteiger partial charge in [0.05, 0.1) is 10.0 Å². The van der Waals surface area contributed by atoms with Crippen LogP contribution in [0.1, 0.15) is 11.1 Å². The van der Waals surface area contributed by atoms with Crippen LogP contribution in [0.5, 0.6) is 0 Å². The molecule has 0 saturated heterocycles. The summed E-state index contributed by atoms with van der Waals surface area (Å²) in [7, 11) is 0. The van der Waals surface area contributed by atoms with Crippen molar-refractivity contribution in [1.29, 1.82) is 0 Å². The molecule has 1 aromatic heterocycles. The number of nitrogens with zero attached hydrogens (tertiary/aromatic N) is 1. The molecule has 4 nitrogen and oxygen atoms in total. The number of aromatic nitrogens is 1. The summed E-state index contributed by atoms with van der Waals surface area (Å²) < 4.78 is 0. The van der Waals surface area contributed by atoms with E-state index in [0.717, 1.165) is 12.8 Å². The van der Waals surface area contributed by atoms with Crippen molar-refractivity contribution in [3.05, 3.63) is 51.5 Å². The minimum absolute atomic E-state index is 0.282. The number of nitrogen functional groups attached to an aromatic ring is 1. The molecule has 1 heterocycles. The van der Waals surface area contributed by atoms with E-state index in [1.54, 1.807) is 6.07 Å². The summed E-state index contributed by atoms with van der Waals surface area (Å²) >= 11 is 12.1. The lowest BCUT2D eigenvalue weighted by molar-refractivity contribution is 0.769. The average molecular weight is 309 g/mol. The second-order valence-corrected chi connectivity index (χ2v) is 5.63. The van der Waals surface area contributed by atoms with Crippen molar-refractivity contribution in [3.8, 4) is 0 Å². The first-order valence-corrected chi connectivity index (χ1v) is 7.09. The topological polar surface area (TPSA) is 63.0 Å². The van der Waals surface area contributed by atoms with Gasteiger partial charge in [0.25, 0.3) is 0 Å². The molecule has 104 valence electrons. The lowest BCUT2D eigenvalue weighted by Crippen LogP contribution is -2.21. The Morgan fingerprint density at radius 2 is 1.65 bits per heavy atom. The Hall–Kier alpha value is -1.49. The highest BCUT2D eigenvalue weighted by Gasteiger charge is 2.22. The summed E-state index contributed by atoms with van der Waals surface area (Å²) in [6.07, 6.45) is 1.92. The van der Waals surface area contributed by atoms with E-state index < -0.39 is 0 Å². The monoisotopic (exact) mass is 308 g/mol. The second-order valence-electron chi connectivity index (χ2n) is 4.81. The zero-order chi connectivity index (χ0) is 14.1. The molecule has 20 heavy (non-hydrogen) atoms. The number of hydrogen-bond donors (Lipinski definition) is 3. The molecule has 0 fully saturated rings. The van der Waals surface area contributed by atoms with Gasteiger partial charge in [0.1, 0.15) is 5.82 Å². The first kappa shape index (κ1) is 13.5. The van der Waals surface area contributed by atoms with Crippen LogP contribution >= 0.6 is 23.2 Å². The van der Waals surface area contributed by atoms with Gasteiger partial charge < -0.3 is 10.7 Å². The highest BCUT2D eigenvalue weighted by Crippen LogP contribution is 2.31. The van der Waals surface area contributed by atoms with Crippen LogP contribution in [0, 0.1) is 0 Å². The van der Waals surface area contributed by atoms with E-state index in [4.69, 9.17) is 29.0 Å². The highest BCUT2D eigenvalue weighted by molar-refractivity contribution is 6.37. The van der Waals surface area contributed by atoms with Gasteiger partial charge >= 0.3 is 0 Å². The summed E-state index contributed by atoms with van der Waals surface area (Å²) in [5.74, 6) is 6.39. The number of nitrogens with one attached hydrogen (secondary N) is 2. The molecule has 0 bridgehead atoms. The third-order valence-corrected chi connectivity index (χ3v) is 4.03. The van der Waals surface area contributed by atoms with Gasteiger partial charge in [0.2, 0.25) is 0 Å². The van der Waals surface area contributed by atoms with Crippen LogP contribution in [0.25, 0.3) is 0 Å². The molecule has 0 radical (unpaired) electrons. The predicted octanol–water partition coefficient (Wildman–Crippen LogP) is 3.25. The average Bonchev–Trinajstić information content (AvgIpc) is 2.84. The molecule has 0 amide bonds. The Labute approximate surface area is 127 Å². The Bertz CT molecular complexity index is 620. The maximum absolute atomic E-state index is 6.17. The van der Waals surface area contributed by atoms with E-state index in [1.165, 1.54) is 11.1 Å². The molecule has 1 aliphatic rings. The number of halogens is 2. The largest absolute Gasteiger partial charge is 0.365 e. The van der Waals surface area contributed by atoms with Crippen LogP contribution in [0.4, 0.5) is 11.6 Å². The number of hydrogen-bond acceptors (Lipinski definition) is 4. The van der Waals surface area contributed by atoms with Crippen molar-refractivity contribution in [2.24, 2.45) is 5.84 Å². The Morgan fingerprint density at radius 1 is 1.05 bits per heavy atom. The summed E-state index contributed by atoms with van der Waals surface area (Å²) in [4.78, 5) is 4.31. The molecule has 0 saturated carbocycles. The molecular formula is C14H14Cl2N4. The molecule has 4 N–H and O–H groups in total. The van der Waals surface area contributed by atoms with E-state index in [-0.39, 0.29) is 6.04 Å². The zero-order valence-corrected chi connectivity index (χ0v) is 12.2. The van der Waals surface area contributed by atoms with Crippen molar-refractivity contribution in [2.75, 3.05) is 10.7 Å². The molecule has 0 atom stereocenters. The lowest BCUT2D eigenvalue weighted by atomic mass is 10.1. The second kappa shape index (κ2) is 5.48. The van der Waals surface area contributed by atoms with Crippen LogP contribution in [0.3, 0.4) is 0 Å². The fraction of sp³-hybridized carbons (Fsp3) is 0.214. The van der Waals surface area contributed by atoms with E-state index in [2.05, 4.69) is 40.0 Å². The number of pyridine rings is 1. The van der Waals surface area contributed by atoms with Gasteiger partial charge in [-0.3, -0.25) is 0 Å². The molecule has 2 aromatic rings. The van der Waals surface area contributed by atoms with E-state index >= 15 is 0 Å². The number of nitrogens with two attached hydrogens (primary N) is 1. The van der Waals surface area contributed by atoms with Crippen molar-refractivity contribution < 1.29 is 0 Å². The SMILES string of the molecule is NNc1nc(NC2Cc3ccccc3C2)c(Cl)cc1Cl. The molecular weight excluding hydrogens is 295 g/mol. The van der Waals surface area contributed by atoms with E-state index in [0.29, 0.717) is 21.7 Å². The molecule has 0 unspecified atom stereocenters. The van der Waals surface area contributed by atoms with E-state index in [9.17, 15) is 0 Å². The van der Waals surface area contributed by atoms with Crippen LogP contribution in [0.2, 0.25) is 10.0 Å². The molecule has 3 rings (SSSR count). The van der Waals surface area contributed by atoms with Gasteiger partial charge in [0, 0.05) is 6.04 Å². The van der Waals surface area contributed by atoms with Gasteiger partial charge in [-0.1, -0.05) is 47.5 Å². The number of anilines is 2. The third kappa shape index (κ3) is 2.54.